The summed E-state index contributed by atoms with van der Waals surface area (Å²) in [5.74, 6) is 0.686. The van der Waals surface area contributed by atoms with Crippen LogP contribution in [-0.2, 0) is 0 Å². The second-order valence-electron chi connectivity index (χ2n) is 6.60. The van der Waals surface area contributed by atoms with Crippen LogP contribution in [0.1, 0.15) is 27.7 Å². The summed E-state index contributed by atoms with van der Waals surface area (Å²) in [6.07, 6.45) is 0. The molecule has 3 nitrogen and oxygen atoms in total. The third kappa shape index (κ3) is 1.73. The molecule has 102 valence electrons. The number of hydrogen-bond acceptors (Lipinski definition) is 4. The van der Waals surface area contributed by atoms with E-state index in [0.29, 0.717) is 16.7 Å². The van der Waals surface area contributed by atoms with E-state index in [2.05, 4.69) is 50.1 Å². The fourth-order valence-electron chi connectivity index (χ4n) is 3.16. The molecule has 1 aliphatic rings. The highest BCUT2D eigenvalue weighted by atomic mass is 32.1. The fourth-order valence-corrected chi connectivity index (χ4v) is 3.85. The van der Waals surface area contributed by atoms with E-state index >= 15 is 0 Å². The summed E-state index contributed by atoms with van der Waals surface area (Å²) in [5.41, 5.74) is 11.5. The van der Waals surface area contributed by atoms with Gasteiger partial charge >= 0.3 is 0 Å². The van der Waals surface area contributed by atoms with E-state index in [1.807, 2.05) is 5.51 Å². The van der Waals surface area contributed by atoms with Gasteiger partial charge in [-0.2, -0.15) is 0 Å². The molecule has 0 amide bonds. The van der Waals surface area contributed by atoms with Crippen LogP contribution >= 0.6 is 11.3 Å². The summed E-state index contributed by atoms with van der Waals surface area (Å²) in [6, 6.07) is 4.16. The minimum Gasteiger partial charge on any atom is -0.395 e. The van der Waals surface area contributed by atoms with Gasteiger partial charge in [0.15, 0.2) is 0 Å². The van der Waals surface area contributed by atoms with Crippen molar-refractivity contribution in [1.82, 2.24) is 4.98 Å². The van der Waals surface area contributed by atoms with E-state index in [0.717, 1.165) is 28.1 Å². The van der Waals surface area contributed by atoms with Gasteiger partial charge in [0.25, 0.3) is 0 Å². The molecule has 0 saturated heterocycles. The lowest BCUT2D eigenvalue weighted by Crippen LogP contribution is -2.09. The fraction of sp³-hybridized carbons (Fsp3) is 0.533. The van der Waals surface area contributed by atoms with E-state index < -0.39 is 0 Å². The van der Waals surface area contributed by atoms with Crippen molar-refractivity contribution in [3.8, 4) is 0 Å². The number of nitrogens with one attached hydrogen (secondary N) is 1. The molecule has 0 bridgehead atoms. The third-order valence-corrected chi connectivity index (χ3v) is 6.15. The number of nitrogens with zero attached hydrogens (tertiary/aromatic N) is 1. The Hall–Kier alpha value is -1.29. The van der Waals surface area contributed by atoms with Crippen molar-refractivity contribution in [2.75, 3.05) is 17.6 Å². The Bertz CT molecular complexity index is 613. The molecular weight excluding hydrogens is 254 g/mol. The molecular formula is C15H21N3S. The van der Waals surface area contributed by atoms with Crippen LogP contribution in [0.25, 0.3) is 10.2 Å². The summed E-state index contributed by atoms with van der Waals surface area (Å²) in [7, 11) is 0. The van der Waals surface area contributed by atoms with Gasteiger partial charge in [0.1, 0.15) is 5.52 Å². The first-order valence-electron chi connectivity index (χ1n) is 6.71. The normalized spacial score (nSPS) is 20.6. The predicted octanol–water partition coefficient (Wildman–Crippen LogP) is 3.97. The standard InChI is InChI=1S/C15H21N3S/c1-14(2)11(15(14,3)4)7-17-9-5-6-10-13(12(9)16)18-8-19-10/h5-6,8,11,17H,7,16H2,1-4H3. The predicted molar refractivity (Wildman–Crippen MR) is 83.6 cm³/mol. The summed E-state index contributed by atoms with van der Waals surface area (Å²) in [5, 5.41) is 3.51. The number of fused-ring (bicyclic) bond motifs is 1. The van der Waals surface area contributed by atoms with Gasteiger partial charge in [-0.3, -0.25) is 0 Å². The molecule has 3 N–H and O–H groups in total. The second kappa shape index (κ2) is 3.85. The van der Waals surface area contributed by atoms with Gasteiger partial charge in [-0.05, 0) is 28.9 Å². The van der Waals surface area contributed by atoms with Gasteiger partial charge < -0.3 is 11.1 Å². The Balaban J connectivity index is 1.78. The van der Waals surface area contributed by atoms with Crippen LogP contribution in [0, 0.1) is 16.7 Å². The van der Waals surface area contributed by atoms with Crippen LogP contribution in [0.4, 0.5) is 11.4 Å². The van der Waals surface area contributed by atoms with Crippen molar-refractivity contribution in [2.45, 2.75) is 27.7 Å². The van der Waals surface area contributed by atoms with Crippen LogP contribution in [0.2, 0.25) is 0 Å². The smallest absolute Gasteiger partial charge is 0.106 e. The quantitative estimate of drug-likeness (QED) is 0.833. The largest absolute Gasteiger partial charge is 0.395 e. The first-order chi connectivity index (χ1) is 8.85. The van der Waals surface area contributed by atoms with Crippen molar-refractivity contribution in [3.63, 3.8) is 0 Å². The molecule has 0 spiro atoms. The van der Waals surface area contributed by atoms with Crippen LogP contribution in [0.5, 0.6) is 0 Å². The van der Waals surface area contributed by atoms with E-state index in [9.17, 15) is 0 Å². The Labute approximate surface area is 118 Å². The molecule has 19 heavy (non-hydrogen) atoms. The van der Waals surface area contributed by atoms with E-state index in [1.165, 1.54) is 0 Å². The molecule has 1 saturated carbocycles. The SMILES string of the molecule is CC1(C)C(CNc2ccc3scnc3c2N)C1(C)C. The minimum atomic E-state index is 0.402. The Morgan fingerprint density at radius 3 is 2.58 bits per heavy atom. The summed E-state index contributed by atoms with van der Waals surface area (Å²) >= 11 is 1.63. The molecule has 0 atom stereocenters. The molecule has 4 heteroatoms. The van der Waals surface area contributed by atoms with Crippen LogP contribution < -0.4 is 11.1 Å². The van der Waals surface area contributed by atoms with E-state index in [4.69, 9.17) is 5.73 Å². The van der Waals surface area contributed by atoms with Crippen molar-refractivity contribution < 1.29 is 0 Å². The molecule has 0 aliphatic heterocycles. The molecule has 1 aliphatic carbocycles. The maximum absolute atomic E-state index is 6.19. The highest BCUT2D eigenvalue weighted by molar-refractivity contribution is 7.16. The maximum Gasteiger partial charge on any atom is 0.106 e. The van der Waals surface area contributed by atoms with Crippen LogP contribution in [0.15, 0.2) is 17.6 Å². The number of aromatic nitrogens is 1. The van der Waals surface area contributed by atoms with Gasteiger partial charge in [-0.25, -0.2) is 4.98 Å². The molecule has 0 radical (unpaired) electrons. The van der Waals surface area contributed by atoms with Crippen molar-refractivity contribution in [1.29, 1.82) is 0 Å². The highest BCUT2D eigenvalue weighted by Crippen LogP contribution is 2.68. The van der Waals surface area contributed by atoms with Crippen molar-refractivity contribution in [3.05, 3.63) is 17.6 Å². The van der Waals surface area contributed by atoms with Gasteiger partial charge in [-0.1, -0.05) is 27.7 Å². The van der Waals surface area contributed by atoms with E-state index in [1.54, 1.807) is 11.3 Å². The number of benzene rings is 1. The summed E-state index contributed by atoms with van der Waals surface area (Å²) in [6.45, 7) is 10.3. The first-order valence-corrected chi connectivity index (χ1v) is 7.59. The molecule has 1 fully saturated rings. The number of rotatable bonds is 3. The maximum atomic E-state index is 6.19. The summed E-state index contributed by atoms with van der Waals surface area (Å²) < 4.78 is 1.15. The average molecular weight is 275 g/mol. The molecule has 0 unspecified atom stereocenters. The number of nitrogen functional groups attached to an aromatic ring is 1. The minimum absolute atomic E-state index is 0.402. The number of nitrogens with two attached hydrogens (primary N) is 1. The second-order valence-corrected chi connectivity index (χ2v) is 7.49. The van der Waals surface area contributed by atoms with E-state index in [-0.39, 0.29) is 0 Å². The molecule has 2 aromatic rings. The van der Waals surface area contributed by atoms with Crippen molar-refractivity contribution >= 4 is 32.9 Å². The monoisotopic (exact) mass is 275 g/mol. The first kappa shape index (κ1) is 12.7. The molecule has 1 heterocycles. The molecule has 1 aromatic carbocycles. The number of hydrogen-bond donors (Lipinski definition) is 2. The van der Waals surface area contributed by atoms with Gasteiger partial charge in [0.2, 0.25) is 0 Å². The lowest BCUT2D eigenvalue weighted by molar-refractivity contribution is 0.457. The highest BCUT2D eigenvalue weighted by Gasteiger charge is 2.64. The Kier molecular flexibility index (Phi) is 2.58. The summed E-state index contributed by atoms with van der Waals surface area (Å²) in [4.78, 5) is 4.33. The average Bonchev–Trinajstić information content (AvgIpc) is 2.74. The van der Waals surface area contributed by atoms with Gasteiger partial charge in [-0.15, -0.1) is 11.3 Å². The van der Waals surface area contributed by atoms with Crippen molar-refractivity contribution in [2.24, 2.45) is 16.7 Å². The lowest BCUT2D eigenvalue weighted by Gasteiger charge is -2.10. The van der Waals surface area contributed by atoms with Crippen LogP contribution in [-0.4, -0.2) is 11.5 Å². The zero-order valence-corrected chi connectivity index (χ0v) is 12.8. The molecule has 1 aromatic heterocycles. The third-order valence-electron chi connectivity index (χ3n) is 5.36. The van der Waals surface area contributed by atoms with Gasteiger partial charge in [0.05, 0.1) is 21.6 Å². The Morgan fingerprint density at radius 2 is 1.95 bits per heavy atom. The Morgan fingerprint density at radius 1 is 1.26 bits per heavy atom. The lowest BCUT2D eigenvalue weighted by atomic mass is 10.0. The number of thiazole rings is 1. The zero-order valence-electron chi connectivity index (χ0n) is 11.9. The zero-order chi connectivity index (χ0) is 13.8. The number of anilines is 2. The molecule has 3 rings (SSSR count). The van der Waals surface area contributed by atoms with Crippen LogP contribution in [0.3, 0.4) is 0 Å². The topological polar surface area (TPSA) is 50.9 Å². The van der Waals surface area contributed by atoms with Gasteiger partial charge in [0, 0.05) is 6.54 Å².